The molecule has 3 fully saturated rings. The number of benzene rings is 1. The van der Waals surface area contributed by atoms with Crippen molar-refractivity contribution in [3.05, 3.63) is 22.5 Å². The summed E-state index contributed by atoms with van der Waals surface area (Å²) in [4.78, 5) is 36.4. The minimum Gasteiger partial charge on any atom is -0.496 e. The number of piperidine rings is 1. The van der Waals surface area contributed by atoms with Gasteiger partial charge in [-0.1, -0.05) is 40.7 Å². The molecule has 1 aliphatic heterocycles. The monoisotopic (exact) mass is 484 g/mol. The molecule has 0 radical (unpaired) electrons. The Labute approximate surface area is 203 Å². The SMILES string of the molecule is COc1cc2nc(N3CCC(CC4CCC4)(C(=O)NC4CCCC4)CC3)[nH]c(=O)c2cc1PC. The molecule has 5 rings (SSSR count). The average Bonchev–Trinajstić information content (AvgIpc) is 3.34. The van der Waals surface area contributed by atoms with E-state index in [0.29, 0.717) is 37.4 Å². The number of fused-ring (bicyclic) bond motifs is 1. The molecule has 1 aromatic carbocycles. The van der Waals surface area contributed by atoms with Crippen molar-refractivity contribution in [3.63, 3.8) is 0 Å². The number of nitrogens with zero attached hydrogens (tertiary/aromatic N) is 2. The molecule has 8 heteroatoms. The predicted octanol–water partition coefficient (Wildman–Crippen LogP) is 3.70. The highest BCUT2D eigenvalue weighted by Crippen LogP contribution is 2.44. The molecule has 1 saturated heterocycles. The van der Waals surface area contributed by atoms with E-state index in [2.05, 4.69) is 21.9 Å². The number of carbonyl (C=O) groups excluding carboxylic acids is 1. The van der Waals surface area contributed by atoms with Gasteiger partial charge in [0.1, 0.15) is 5.75 Å². The fraction of sp³-hybridized carbons (Fsp3) is 0.654. The van der Waals surface area contributed by atoms with Gasteiger partial charge in [0.05, 0.1) is 23.4 Å². The van der Waals surface area contributed by atoms with Gasteiger partial charge in [0.25, 0.3) is 5.56 Å². The van der Waals surface area contributed by atoms with Crippen LogP contribution >= 0.6 is 8.58 Å². The summed E-state index contributed by atoms with van der Waals surface area (Å²) >= 11 is 0. The van der Waals surface area contributed by atoms with Crippen LogP contribution in [0.3, 0.4) is 0 Å². The molecule has 1 amide bonds. The Kier molecular flexibility index (Phi) is 6.83. The molecule has 1 aromatic heterocycles. The topological polar surface area (TPSA) is 87.3 Å². The molecular weight excluding hydrogens is 447 g/mol. The van der Waals surface area contributed by atoms with E-state index in [9.17, 15) is 9.59 Å². The summed E-state index contributed by atoms with van der Waals surface area (Å²) in [7, 11) is 2.19. The summed E-state index contributed by atoms with van der Waals surface area (Å²) in [5, 5.41) is 5.04. The van der Waals surface area contributed by atoms with Gasteiger partial charge >= 0.3 is 0 Å². The van der Waals surface area contributed by atoms with Crippen molar-refractivity contribution in [1.29, 1.82) is 0 Å². The molecule has 2 N–H and O–H groups in total. The first-order chi connectivity index (χ1) is 16.5. The Morgan fingerprint density at radius 2 is 1.94 bits per heavy atom. The number of ether oxygens (including phenoxy) is 1. The minimum absolute atomic E-state index is 0.118. The third-order valence-electron chi connectivity index (χ3n) is 8.38. The molecule has 7 nitrogen and oxygen atoms in total. The molecule has 2 heterocycles. The second kappa shape index (κ2) is 9.85. The van der Waals surface area contributed by atoms with E-state index in [0.717, 1.165) is 56.2 Å². The summed E-state index contributed by atoms with van der Waals surface area (Å²) in [5.41, 5.74) is 0.247. The number of H-pyrrole nitrogens is 1. The number of aromatic amines is 1. The second-order valence-corrected chi connectivity index (χ2v) is 11.5. The number of anilines is 1. The van der Waals surface area contributed by atoms with Crippen LogP contribution in [0.1, 0.15) is 64.2 Å². The van der Waals surface area contributed by atoms with E-state index in [1.54, 1.807) is 7.11 Å². The highest BCUT2D eigenvalue weighted by Gasteiger charge is 2.44. The molecule has 1 unspecified atom stereocenters. The first-order valence-corrected chi connectivity index (χ1v) is 14.4. The molecule has 1 atom stereocenters. The van der Waals surface area contributed by atoms with Gasteiger partial charge in [-0.05, 0) is 50.8 Å². The fourth-order valence-corrected chi connectivity index (χ4v) is 6.71. The summed E-state index contributed by atoms with van der Waals surface area (Å²) in [5.74, 6) is 2.32. The number of hydrogen-bond donors (Lipinski definition) is 2. The van der Waals surface area contributed by atoms with Crippen LogP contribution in [-0.2, 0) is 4.79 Å². The van der Waals surface area contributed by atoms with Gasteiger partial charge in [-0.2, -0.15) is 0 Å². The van der Waals surface area contributed by atoms with Crippen LogP contribution in [0.25, 0.3) is 10.9 Å². The maximum absolute atomic E-state index is 13.5. The lowest BCUT2D eigenvalue weighted by Crippen LogP contribution is -2.52. The Hall–Kier alpha value is -2.14. The molecule has 3 aliphatic rings. The molecule has 2 aromatic rings. The lowest BCUT2D eigenvalue weighted by atomic mass is 9.66. The fourth-order valence-electron chi connectivity index (χ4n) is 6.00. The van der Waals surface area contributed by atoms with Crippen LogP contribution in [0.5, 0.6) is 5.75 Å². The largest absolute Gasteiger partial charge is 0.496 e. The van der Waals surface area contributed by atoms with Crippen LogP contribution < -0.4 is 25.8 Å². The van der Waals surface area contributed by atoms with Gasteiger partial charge in [-0.3, -0.25) is 14.6 Å². The van der Waals surface area contributed by atoms with Crippen LogP contribution in [0.4, 0.5) is 5.95 Å². The van der Waals surface area contributed by atoms with Gasteiger partial charge in [0.15, 0.2) is 0 Å². The summed E-state index contributed by atoms with van der Waals surface area (Å²) < 4.78 is 5.53. The minimum atomic E-state index is -0.290. The molecule has 184 valence electrons. The Balaban J connectivity index is 1.36. The van der Waals surface area contributed by atoms with Crippen molar-refractivity contribution in [2.75, 3.05) is 31.8 Å². The van der Waals surface area contributed by atoms with Crippen LogP contribution in [0, 0.1) is 11.3 Å². The zero-order valence-corrected chi connectivity index (χ0v) is 21.4. The van der Waals surface area contributed by atoms with Crippen molar-refractivity contribution in [1.82, 2.24) is 15.3 Å². The third kappa shape index (κ3) is 4.56. The number of methoxy groups -OCH3 is 1. The zero-order valence-electron chi connectivity index (χ0n) is 20.4. The predicted molar refractivity (Wildman–Crippen MR) is 139 cm³/mol. The summed E-state index contributed by atoms with van der Waals surface area (Å²) in [6, 6.07) is 4.13. The summed E-state index contributed by atoms with van der Waals surface area (Å²) in [6.45, 7) is 3.53. The molecule has 0 spiro atoms. The summed E-state index contributed by atoms with van der Waals surface area (Å²) in [6.07, 6.45) is 11.1. The van der Waals surface area contributed by atoms with E-state index in [1.165, 1.54) is 32.1 Å². The number of rotatable bonds is 7. The Morgan fingerprint density at radius 1 is 1.21 bits per heavy atom. The van der Waals surface area contributed by atoms with Crippen LogP contribution in [0.15, 0.2) is 16.9 Å². The van der Waals surface area contributed by atoms with Gasteiger partial charge in [-0.15, -0.1) is 0 Å². The molecule has 0 bridgehead atoms. The van der Waals surface area contributed by atoms with E-state index in [-0.39, 0.29) is 16.9 Å². The van der Waals surface area contributed by atoms with Gasteiger partial charge in [0, 0.05) is 30.5 Å². The van der Waals surface area contributed by atoms with Crippen molar-refractivity contribution < 1.29 is 9.53 Å². The van der Waals surface area contributed by atoms with E-state index < -0.39 is 0 Å². The first-order valence-electron chi connectivity index (χ1n) is 12.9. The second-order valence-electron chi connectivity index (χ2n) is 10.4. The molecule has 34 heavy (non-hydrogen) atoms. The molecular formula is C26H37N4O3P. The average molecular weight is 485 g/mol. The van der Waals surface area contributed by atoms with E-state index >= 15 is 0 Å². The highest BCUT2D eigenvalue weighted by atomic mass is 31.1. The lowest BCUT2D eigenvalue weighted by Gasteiger charge is -2.44. The van der Waals surface area contributed by atoms with Gasteiger partial charge < -0.3 is 15.0 Å². The van der Waals surface area contributed by atoms with Crippen LogP contribution in [0.2, 0.25) is 0 Å². The number of nitrogens with one attached hydrogen (secondary N) is 2. The van der Waals surface area contributed by atoms with E-state index in [1.807, 2.05) is 12.1 Å². The van der Waals surface area contributed by atoms with Gasteiger partial charge in [-0.25, -0.2) is 4.98 Å². The number of amides is 1. The number of aromatic nitrogens is 2. The Morgan fingerprint density at radius 3 is 2.56 bits per heavy atom. The molecule has 2 saturated carbocycles. The van der Waals surface area contributed by atoms with Crippen LogP contribution in [-0.4, -0.2) is 48.8 Å². The molecule has 2 aliphatic carbocycles. The van der Waals surface area contributed by atoms with Gasteiger partial charge in [0.2, 0.25) is 11.9 Å². The van der Waals surface area contributed by atoms with Crippen molar-refractivity contribution in [3.8, 4) is 5.75 Å². The third-order valence-corrected chi connectivity index (χ3v) is 9.31. The number of hydrogen-bond acceptors (Lipinski definition) is 5. The lowest BCUT2D eigenvalue weighted by molar-refractivity contribution is -0.134. The van der Waals surface area contributed by atoms with Crippen molar-refractivity contribution in [2.45, 2.75) is 70.3 Å². The van der Waals surface area contributed by atoms with E-state index in [4.69, 9.17) is 9.72 Å². The van der Waals surface area contributed by atoms with Crippen molar-refractivity contribution >= 4 is 36.6 Å². The van der Waals surface area contributed by atoms with Crippen molar-refractivity contribution in [2.24, 2.45) is 11.3 Å². The Bertz CT molecular complexity index is 1100. The zero-order chi connectivity index (χ0) is 23.7. The smallest absolute Gasteiger partial charge is 0.260 e. The quantitative estimate of drug-likeness (QED) is 0.585. The number of carbonyl (C=O) groups is 1. The normalized spacial score (nSPS) is 21.3. The maximum Gasteiger partial charge on any atom is 0.260 e. The first kappa shape index (κ1) is 23.6. The standard InChI is InChI=1S/C26H37N4O3P/c1-33-21-15-20-19(14-22(21)34-2)23(31)29-25(28-20)30-12-10-26(11-13-30,16-17-6-5-7-17)24(32)27-18-8-3-4-9-18/h14-15,17-18,34H,3-13,16H2,1-2H3,(H,27,32)(H,28,29,31). The maximum atomic E-state index is 13.5. The highest BCUT2D eigenvalue weighted by molar-refractivity contribution is 7.46.